The lowest BCUT2D eigenvalue weighted by atomic mass is 9.94. The van der Waals surface area contributed by atoms with Crippen molar-refractivity contribution >= 4 is 11.9 Å². The Kier molecular flexibility index (Phi) is 8.55. The summed E-state index contributed by atoms with van der Waals surface area (Å²) in [6, 6.07) is 1.68. The minimum atomic E-state index is -1.82. The third-order valence-electron chi connectivity index (χ3n) is 5.23. The van der Waals surface area contributed by atoms with Crippen molar-refractivity contribution in [3.8, 4) is 0 Å². The van der Waals surface area contributed by atoms with Gasteiger partial charge in [0, 0.05) is 12.1 Å². The first-order valence-corrected chi connectivity index (χ1v) is 8.79. The molecule has 0 aromatic heterocycles. The Morgan fingerprint density at radius 1 is 1.00 bits per heavy atom. The fraction of sp³-hybridized carbons (Fsp3) is 0.882. The number of hydrogen-bond donors (Lipinski definition) is 2. The Labute approximate surface area is 139 Å². The summed E-state index contributed by atoms with van der Waals surface area (Å²) in [7, 11) is 0. The molecular formula is C17H32N2O4. The van der Waals surface area contributed by atoms with E-state index in [1.54, 1.807) is 0 Å². The molecule has 0 saturated carbocycles. The normalized spacial score (nSPS) is 22.9. The predicted molar refractivity (Wildman–Crippen MR) is 89.6 cm³/mol. The van der Waals surface area contributed by atoms with Crippen molar-refractivity contribution in [2.75, 3.05) is 26.2 Å². The van der Waals surface area contributed by atoms with Gasteiger partial charge >= 0.3 is 11.9 Å². The molecule has 2 aliphatic heterocycles. The van der Waals surface area contributed by atoms with Gasteiger partial charge in [-0.25, -0.2) is 9.59 Å². The van der Waals surface area contributed by atoms with Crippen molar-refractivity contribution in [2.45, 2.75) is 65.0 Å². The Hall–Kier alpha value is -1.14. The fourth-order valence-electron chi connectivity index (χ4n) is 3.34. The first-order chi connectivity index (χ1) is 10.8. The standard InChI is InChI=1S/C15H30N2.C2H2O4/c1-4-14(3)16-11-7-15(8-12-16)17-9-5-13(2)6-10-17;3-1(4)2(5)6/h13-15H,4-12H2,1-3H3;(H,3,4)(H,5,6). The van der Waals surface area contributed by atoms with E-state index < -0.39 is 11.9 Å². The molecule has 6 heteroatoms. The van der Waals surface area contributed by atoms with Gasteiger partial charge in [0.2, 0.25) is 0 Å². The Balaban J connectivity index is 0.000000379. The van der Waals surface area contributed by atoms with Crippen LogP contribution in [-0.4, -0.2) is 70.2 Å². The minimum absolute atomic E-state index is 0.789. The first kappa shape index (κ1) is 19.9. The summed E-state index contributed by atoms with van der Waals surface area (Å²) >= 11 is 0. The Morgan fingerprint density at radius 2 is 1.48 bits per heavy atom. The molecule has 0 aromatic carbocycles. The van der Waals surface area contributed by atoms with Gasteiger partial charge in [0.05, 0.1) is 0 Å². The van der Waals surface area contributed by atoms with Gasteiger partial charge in [0.25, 0.3) is 0 Å². The molecule has 0 aliphatic carbocycles. The number of carbonyl (C=O) groups is 2. The average molecular weight is 328 g/mol. The average Bonchev–Trinajstić information content (AvgIpc) is 2.55. The van der Waals surface area contributed by atoms with Crippen LogP contribution < -0.4 is 0 Å². The molecule has 134 valence electrons. The van der Waals surface area contributed by atoms with E-state index in [1.807, 2.05) is 0 Å². The number of hydrogen-bond acceptors (Lipinski definition) is 4. The van der Waals surface area contributed by atoms with Gasteiger partial charge in [-0.1, -0.05) is 13.8 Å². The SMILES string of the molecule is CCC(C)N1CCC(N2CCC(C)CC2)CC1.O=C(O)C(=O)O. The van der Waals surface area contributed by atoms with E-state index in [1.165, 1.54) is 58.3 Å². The smallest absolute Gasteiger partial charge is 0.414 e. The maximum absolute atomic E-state index is 9.10. The number of carboxylic acids is 2. The molecule has 2 saturated heterocycles. The zero-order chi connectivity index (χ0) is 17.4. The van der Waals surface area contributed by atoms with Crippen LogP contribution in [0.15, 0.2) is 0 Å². The van der Waals surface area contributed by atoms with E-state index in [4.69, 9.17) is 19.8 Å². The van der Waals surface area contributed by atoms with Gasteiger partial charge in [-0.15, -0.1) is 0 Å². The van der Waals surface area contributed by atoms with Crippen LogP contribution in [0, 0.1) is 5.92 Å². The van der Waals surface area contributed by atoms with E-state index in [-0.39, 0.29) is 0 Å². The number of nitrogens with zero attached hydrogens (tertiary/aromatic N) is 2. The van der Waals surface area contributed by atoms with Crippen molar-refractivity contribution in [3.63, 3.8) is 0 Å². The summed E-state index contributed by atoms with van der Waals surface area (Å²) < 4.78 is 0. The molecule has 0 amide bonds. The molecule has 2 fully saturated rings. The summed E-state index contributed by atoms with van der Waals surface area (Å²) in [6.45, 7) is 12.5. The van der Waals surface area contributed by atoms with E-state index in [2.05, 4.69) is 30.6 Å². The molecule has 2 N–H and O–H groups in total. The number of carboxylic acid groups (broad SMARTS) is 2. The quantitative estimate of drug-likeness (QED) is 0.773. The monoisotopic (exact) mass is 328 g/mol. The van der Waals surface area contributed by atoms with Crippen molar-refractivity contribution < 1.29 is 19.8 Å². The van der Waals surface area contributed by atoms with Gasteiger partial charge < -0.3 is 20.0 Å². The summed E-state index contributed by atoms with van der Waals surface area (Å²) in [6.07, 6.45) is 6.94. The van der Waals surface area contributed by atoms with Gasteiger partial charge in [0.15, 0.2) is 0 Å². The van der Waals surface area contributed by atoms with Crippen LogP contribution in [0.4, 0.5) is 0 Å². The van der Waals surface area contributed by atoms with Crippen LogP contribution >= 0.6 is 0 Å². The number of piperidine rings is 2. The molecule has 1 unspecified atom stereocenters. The molecule has 0 radical (unpaired) electrons. The maximum Gasteiger partial charge on any atom is 0.414 e. The molecule has 6 nitrogen and oxygen atoms in total. The lowest BCUT2D eigenvalue weighted by Gasteiger charge is -2.42. The lowest BCUT2D eigenvalue weighted by molar-refractivity contribution is -0.159. The molecular weight excluding hydrogens is 296 g/mol. The lowest BCUT2D eigenvalue weighted by Crippen LogP contribution is -2.49. The Bertz CT molecular complexity index is 361. The van der Waals surface area contributed by atoms with Crippen LogP contribution in [-0.2, 0) is 9.59 Å². The highest BCUT2D eigenvalue weighted by atomic mass is 16.4. The molecule has 0 spiro atoms. The maximum atomic E-state index is 9.10. The van der Waals surface area contributed by atoms with Crippen LogP contribution in [0.1, 0.15) is 52.9 Å². The molecule has 2 rings (SSSR count). The van der Waals surface area contributed by atoms with Gasteiger partial charge in [-0.3, -0.25) is 0 Å². The van der Waals surface area contributed by atoms with Crippen molar-refractivity contribution in [1.82, 2.24) is 9.80 Å². The molecule has 0 bridgehead atoms. The highest BCUT2D eigenvalue weighted by molar-refractivity contribution is 6.27. The van der Waals surface area contributed by atoms with E-state index in [0.29, 0.717) is 0 Å². The molecule has 23 heavy (non-hydrogen) atoms. The second kappa shape index (κ2) is 9.88. The zero-order valence-corrected chi connectivity index (χ0v) is 14.7. The van der Waals surface area contributed by atoms with Crippen LogP contribution in [0.3, 0.4) is 0 Å². The summed E-state index contributed by atoms with van der Waals surface area (Å²) in [5.74, 6) is -2.68. The fourth-order valence-corrected chi connectivity index (χ4v) is 3.34. The predicted octanol–water partition coefficient (Wildman–Crippen LogP) is 2.14. The van der Waals surface area contributed by atoms with Crippen molar-refractivity contribution in [2.24, 2.45) is 5.92 Å². The van der Waals surface area contributed by atoms with Crippen LogP contribution in [0.2, 0.25) is 0 Å². The second-order valence-corrected chi connectivity index (χ2v) is 6.85. The van der Waals surface area contributed by atoms with Gasteiger partial charge in [-0.05, 0) is 71.1 Å². The first-order valence-electron chi connectivity index (χ1n) is 8.79. The summed E-state index contributed by atoms with van der Waals surface area (Å²) in [4.78, 5) is 23.7. The number of likely N-dealkylation sites (tertiary alicyclic amines) is 2. The highest BCUT2D eigenvalue weighted by Gasteiger charge is 2.28. The Morgan fingerprint density at radius 3 is 1.87 bits per heavy atom. The van der Waals surface area contributed by atoms with Crippen LogP contribution in [0.25, 0.3) is 0 Å². The number of rotatable bonds is 3. The third kappa shape index (κ3) is 6.87. The molecule has 1 atom stereocenters. The van der Waals surface area contributed by atoms with Crippen molar-refractivity contribution in [1.29, 1.82) is 0 Å². The topological polar surface area (TPSA) is 81.1 Å². The molecule has 2 aliphatic rings. The number of aliphatic carboxylic acids is 2. The van der Waals surface area contributed by atoms with E-state index >= 15 is 0 Å². The minimum Gasteiger partial charge on any atom is -0.473 e. The second-order valence-electron chi connectivity index (χ2n) is 6.85. The molecule has 0 aromatic rings. The van der Waals surface area contributed by atoms with E-state index in [0.717, 1.165) is 18.0 Å². The third-order valence-corrected chi connectivity index (χ3v) is 5.23. The highest BCUT2D eigenvalue weighted by Crippen LogP contribution is 2.24. The summed E-state index contributed by atoms with van der Waals surface area (Å²) in [5.41, 5.74) is 0. The molecule has 2 heterocycles. The van der Waals surface area contributed by atoms with E-state index in [9.17, 15) is 0 Å². The zero-order valence-electron chi connectivity index (χ0n) is 14.7. The van der Waals surface area contributed by atoms with Gasteiger partial charge in [0.1, 0.15) is 0 Å². The largest absolute Gasteiger partial charge is 0.473 e. The van der Waals surface area contributed by atoms with Gasteiger partial charge in [-0.2, -0.15) is 0 Å². The van der Waals surface area contributed by atoms with Crippen molar-refractivity contribution in [3.05, 3.63) is 0 Å². The van der Waals surface area contributed by atoms with Crippen LogP contribution in [0.5, 0.6) is 0 Å². The summed E-state index contributed by atoms with van der Waals surface area (Å²) in [5, 5.41) is 14.8.